The monoisotopic (exact) mass is 304 g/mol. The Bertz CT molecular complexity index is 567. The Kier molecular flexibility index (Phi) is 5.75. The SMILES string of the molecule is CC(C)c1csc(CNC(=O)CCOc2ccccc2)n1. The topological polar surface area (TPSA) is 51.2 Å². The molecule has 21 heavy (non-hydrogen) atoms. The van der Waals surface area contributed by atoms with Gasteiger partial charge in [-0.3, -0.25) is 4.79 Å². The van der Waals surface area contributed by atoms with Crippen LogP contribution in [0.15, 0.2) is 35.7 Å². The average Bonchev–Trinajstić information content (AvgIpc) is 2.95. The number of hydrogen-bond donors (Lipinski definition) is 1. The third-order valence-corrected chi connectivity index (χ3v) is 3.81. The zero-order chi connectivity index (χ0) is 15.1. The quantitative estimate of drug-likeness (QED) is 0.853. The van der Waals surface area contributed by atoms with Crippen molar-refractivity contribution in [3.8, 4) is 5.75 Å². The van der Waals surface area contributed by atoms with Crippen molar-refractivity contribution >= 4 is 17.2 Å². The van der Waals surface area contributed by atoms with E-state index in [2.05, 4.69) is 24.1 Å². The standard InChI is InChI=1S/C16H20N2O2S/c1-12(2)14-11-21-16(18-14)10-17-15(19)8-9-20-13-6-4-3-5-7-13/h3-7,11-12H,8-10H2,1-2H3,(H,17,19). The molecule has 0 fully saturated rings. The van der Waals surface area contributed by atoms with E-state index in [1.54, 1.807) is 11.3 Å². The highest BCUT2D eigenvalue weighted by molar-refractivity contribution is 7.09. The molecule has 0 aliphatic heterocycles. The van der Waals surface area contributed by atoms with Crippen LogP contribution < -0.4 is 10.1 Å². The van der Waals surface area contributed by atoms with Gasteiger partial charge in [0.25, 0.3) is 0 Å². The highest BCUT2D eigenvalue weighted by atomic mass is 32.1. The third-order valence-electron chi connectivity index (χ3n) is 2.94. The first-order chi connectivity index (χ1) is 10.1. The van der Waals surface area contributed by atoms with Crippen molar-refractivity contribution in [2.24, 2.45) is 0 Å². The summed E-state index contributed by atoms with van der Waals surface area (Å²) < 4.78 is 5.49. The van der Waals surface area contributed by atoms with E-state index in [0.717, 1.165) is 16.5 Å². The predicted molar refractivity (Wildman–Crippen MR) is 84.6 cm³/mol. The molecule has 2 rings (SSSR count). The van der Waals surface area contributed by atoms with E-state index in [-0.39, 0.29) is 5.91 Å². The number of carbonyl (C=O) groups is 1. The molecule has 0 atom stereocenters. The molecule has 1 amide bonds. The molecule has 1 aromatic carbocycles. The Hall–Kier alpha value is -1.88. The van der Waals surface area contributed by atoms with Crippen LogP contribution in [0.1, 0.15) is 36.9 Å². The Morgan fingerprint density at radius 3 is 2.76 bits per heavy atom. The van der Waals surface area contributed by atoms with Crippen molar-refractivity contribution in [1.82, 2.24) is 10.3 Å². The van der Waals surface area contributed by atoms with Gasteiger partial charge >= 0.3 is 0 Å². The molecule has 0 bridgehead atoms. The number of rotatable bonds is 7. The second-order valence-electron chi connectivity index (χ2n) is 5.01. The molecular weight excluding hydrogens is 284 g/mol. The fourth-order valence-corrected chi connectivity index (χ4v) is 2.61. The van der Waals surface area contributed by atoms with Crippen LogP contribution in [0, 0.1) is 0 Å². The lowest BCUT2D eigenvalue weighted by Crippen LogP contribution is -2.24. The van der Waals surface area contributed by atoms with E-state index < -0.39 is 0 Å². The van der Waals surface area contributed by atoms with Crippen LogP contribution in [0.5, 0.6) is 5.75 Å². The van der Waals surface area contributed by atoms with Crippen molar-refractivity contribution in [3.63, 3.8) is 0 Å². The Morgan fingerprint density at radius 1 is 1.33 bits per heavy atom. The number of thiazole rings is 1. The molecule has 4 nitrogen and oxygen atoms in total. The van der Waals surface area contributed by atoms with E-state index >= 15 is 0 Å². The molecule has 112 valence electrons. The van der Waals surface area contributed by atoms with Crippen LogP contribution in [0.4, 0.5) is 0 Å². The molecule has 0 aliphatic rings. The minimum absolute atomic E-state index is 0.0211. The van der Waals surface area contributed by atoms with E-state index in [1.807, 2.05) is 35.7 Å². The maximum absolute atomic E-state index is 11.7. The molecular formula is C16H20N2O2S. The molecule has 1 aromatic heterocycles. The predicted octanol–water partition coefficient (Wildman–Crippen LogP) is 3.35. The van der Waals surface area contributed by atoms with E-state index in [1.165, 1.54) is 0 Å². The van der Waals surface area contributed by atoms with Gasteiger partial charge in [-0.05, 0) is 18.1 Å². The highest BCUT2D eigenvalue weighted by Crippen LogP contribution is 2.17. The van der Waals surface area contributed by atoms with E-state index in [4.69, 9.17) is 4.74 Å². The largest absolute Gasteiger partial charge is 0.493 e. The summed E-state index contributed by atoms with van der Waals surface area (Å²) in [5, 5.41) is 5.85. The number of para-hydroxylation sites is 1. The average molecular weight is 304 g/mol. The maximum atomic E-state index is 11.7. The number of carbonyl (C=O) groups excluding carboxylic acids is 1. The molecule has 0 spiro atoms. The van der Waals surface area contributed by atoms with Crippen LogP contribution in [-0.4, -0.2) is 17.5 Å². The summed E-state index contributed by atoms with van der Waals surface area (Å²) in [6, 6.07) is 9.50. The molecule has 0 saturated carbocycles. The third kappa shape index (κ3) is 5.19. The number of nitrogens with zero attached hydrogens (tertiary/aromatic N) is 1. The number of hydrogen-bond acceptors (Lipinski definition) is 4. The molecule has 0 saturated heterocycles. The lowest BCUT2D eigenvalue weighted by atomic mass is 10.2. The maximum Gasteiger partial charge on any atom is 0.223 e. The first kappa shape index (κ1) is 15.5. The van der Waals surface area contributed by atoms with Gasteiger partial charge in [-0.25, -0.2) is 4.98 Å². The summed E-state index contributed by atoms with van der Waals surface area (Å²) in [5.41, 5.74) is 1.08. The van der Waals surface area contributed by atoms with Crippen LogP contribution >= 0.6 is 11.3 Å². The fourth-order valence-electron chi connectivity index (χ4n) is 1.71. The van der Waals surface area contributed by atoms with E-state index in [9.17, 15) is 4.79 Å². The Balaban J connectivity index is 1.67. The second-order valence-corrected chi connectivity index (χ2v) is 5.95. The first-order valence-electron chi connectivity index (χ1n) is 7.04. The van der Waals surface area contributed by atoms with Gasteiger partial charge in [0.2, 0.25) is 5.91 Å². The molecule has 2 aromatic rings. The molecule has 0 unspecified atom stereocenters. The van der Waals surface area contributed by atoms with Gasteiger partial charge in [0.05, 0.1) is 25.3 Å². The lowest BCUT2D eigenvalue weighted by Gasteiger charge is -2.06. The fraction of sp³-hybridized carbons (Fsp3) is 0.375. The summed E-state index contributed by atoms with van der Waals surface area (Å²) >= 11 is 1.58. The smallest absolute Gasteiger partial charge is 0.223 e. The lowest BCUT2D eigenvalue weighted by molar-refractivity contribution is -0.121. The number of aromatic nitrogens is 1. The normalized spacial score (nSPS) is 10.6. The van der Waals surface area contributed by atoms with Gasteiger partial charge in [-0.2, -0.15) is 0 Å². The Labute approximate surface area is 129 Å². The van der Waals surface area contributed by atoms with Gasteiger partial charge in [-0.1, -0.05) is 32.0 Å². The molecule has 1 heterocycles. The summed E-state index contributed by atoms with van der Waals surface area (Å²) in [6.45, 7) is 5.09. The van der Waals surface area contributed by atoms with Crippen molar-refractivity contribution in [3.05, 3.63) is 46.4 Å². The first-order valence-corrected chi connectivity index (χ1v) is 7.92. The second kappa shape index (κ2) is 7.78. The molecule has 0 aliphatic carbocycles. The van der Waals surface area contributed by atoms with Crippen LogP contribution in [0.2, 0.25) is 0 Å². The summed E-state index contributed by atoms with van der Waals surface area (Å²) in [4.78, 5) is 16.2. The Morgan fingerprint density at radius 2 is 2.10 bits per heavy atom. The van der Waals surface area contributed by atoms with Crippen LogP contribution in [0.3, 0.4) is 0 Å². The summed E-state index contributed by atoms with van der Waals surface area (Å²) in [6.07, 6.45) is 0.345. The van der Waals surface area contributed by atoms with Gasteiger partial charge < -0.3 is 10.1 Å². The van der Waals surface area contributed by atoms with Gasteiger partial charge in [0.15, 0.2) is 0 Å². The highest BCUT2D eigenvalue weighted by Gasteiger charge is 2.07. The summed E-state index contributed by atoms with van der Waals surface area (Å²) in [7, 11) is 0. The molecule has 5 heteroatoms. The van der Waals surface area contributed by atoms with Crippen LogP contribution in [0.25, 0.3) is 0 Å². The number of nitrogens with one attached hydrogen (secondary N) is 1. The van der Waals surface area contributed by atoms with Crippen LogP contribution in [-0.2, 0) is 11.3 Å². The van der Waals surface area contributed by atoms with Crippen molar-refractivity contribution in [2.75, 3.05) is 6.61 Å². The van der Waals surface area contributed by atoms with Gasteiger partial charge in [0, 0.05) is 5.38 Å². The van der Waals surface area contributed by atoms with Crippen molar-refractivity contribution in [2.45, 2.75) is 32.7 Å². The van der Waals surface area contributed by atoms with Crippen molar-refractivity contribution < 1.29 is 9.53 Å². The zero-order valence-corrected chi connectivity index (χ0v) is 13.2. The molecule has 1 N–H and O–H groups in total. The number of amides is 1. The zero-order valence-electron chi connectivity index (χ0n) is 12.3. The minimum atomic E-state index is -0.0211. The van der Waals surface area contributed by atoms with Gasteiger partial charge in [-0.15, -0.1) is 11.3 Å². The number of benzene rings is 1. The number of ether oxygens (including phenoxy) is 1. The summed E-state index contributed by atoms with van der Waals surface area (Å²) in [5.74, 6) is 1.18. The van der Waals surface area contributed by atoms with E-state index in [0.29, 0.717) is 25.5 Å². The van der Waals surface area contributed by atoms with Crippen molar-refractivity contribution in [1.29, 1.82) is 0 Å². The molecule has 0 radical (unpaired) electrons. The minimum Gasteiger partial charge on any atom is -0.493 e. The van der Waals surface area contributed by atoms with Gasteiger partial charge in [0.1, 0.15) is 10.8 Å².